The van der Waals surface area contributed by atoms with E-state index in [9.17, 15) is 0 Å². The Hall–Kier alpha value is -1.23. The van der Waals surface area contributed by atoms with Gasteiger partial charge in [0.1, 0.15) is 5.92 Å². The lowest BCUT2D eigenvalue weighted by Gasteiger charge is -2.56. The lowest BCUT2D eigenvalue weighted by atomic mass is 9.58. The lowest BCUT2D eigenvalue weighted by molar-refractivity contribution is -0.751. The summed E-state index contributed by atoms with van der Waals surface area (Å²) in [5.41, 5.74) is 2.62. The first-order chi connectivity index (χ1) is 11.1. The highest BCUT2D eigenvalue weighted by Gasteiger charge is 2.71. The smallest absolute Gasteiger partial charge is 0.250 e. The number of aromatic nitrogens is 1. The van der Waals surface area contributed by atoms with Gasteiger partial charge in [-0.2, -0.15) is 4.57 Å². The van der Waals surface area contributed by atoms with Gasteiger partial charge in [-0.3, -0.25) is 0 Å². The SMILES string of the molecule is CCOC1(OCC)[C@H]2c3ccccc3[C@H]([n+]3ccsc32)C1(C)C. The Kier molecular flexibility index (Phi) is 3.42. The first-order valence-electron chi connectivity index (χ1n) is 8.43. The van der Waals surface area contributed by atoms with Crippen LogP contribution in [0, 0.1) is 5.41 Å². The number of benzene rings is 1. The van der Waals surface area contributed by atoms with Crippen molar-refractivity contribution in [3.05, 3.63) is 52.0 Å². The molecule has 0 fully saturated rings. The summed E-state index contributed by atoms with van der Waals surface area (Å²) in [6.07, 6.45) is 2.22. The van der Waals surface area contributed by atoms with E-state index in [1.54, 1.807) is 0 Å². The van der Waals surface area contributed by atoms with Gasteiger partial charge in [-0.15, -0.1) is 0 Å². The van der Waals surface area contributed by atoms with Crippen molar-refractivity contribution in [3.63, 3.8) is 0 Å². The van der Waals surface area contributed by atoms with Gasteiger partial charge in [0.2, 0.25) is 0 Å². The molecule has 2 bridgehead atoms. The molecule has 4 heteroatoms. The average molecular weight is 330 g/mol. The van der Waals surface area contributed by atoms with Gasteiger partial charge in [-0.1, -0.05) is 35.6 Å². The van der Waals surface area contributed by atoms with E-state index in [1.807, 2.05) is 11.3 Å². The van der Waals surface area contributed by atoms with Crippen molar-refractivity contribution < 1.29 is 14.0 Å². The quantitative estimate of drug-likeness (QED) is 0.627. The number of nitrogens with zero attached hydrogens (tertiary/aromatic N) is 1. The van der Waals surface area contributed by atoms with Gasteiger partial charge in [-0.05, 0) is 33.3 Å². The molecule has 0 saturated heterocycles. The molecule has 5 rings (SSSR count). The molecule has 3 heterocycles. The zero-order chi connectivity index (χ0) is 16.2. The van der Waals surface area contributed by atoms with E-state index in [0.29, 0.717) is 13.2 Å². The second-order valence-corrected chi connectivity index (χ2v) is 7.79. The maximum absolute atomic E-state index is 6.41. The Balaban J connectivity index is 2.05. The Morgan fingerprint density at radius 3 is 2.39 bits per heavy atom. The fourth-order valence-electron chi connectivity index (χ4n) is 4.71. The molecule has 122 valence electrons. The summed E-state index contributed by atoms with van der Waals surface area (Å²) < 4.78 is 15.3. The molecule has 0 spiro atoms. The minimum absolute atomic E-state index is 0.124. The molecule has 23 heavy (non-hydrogen) atoms. The van der Waals surface area contributed by atoms with Crippen LogP contribution in [0.2, 0.25) is 0 Å². The summed E-state index contributed by atoms with van der Waals surface area (Å²) in [7, 11) is 0. The molecule has 2 aromatic rings. The van der Waals surface area contributed by atoms with Crippen molar-refractivity contribution >= 4 is 11.3 Å². The third-order valence-corrected chi connectivity index (χ3v) is 6.42. The minimum Gasteiger partial charge on any atom is -0.348 e. The second kappa shape index (κ2) is 5.13. The molecule has 1 aromatic heterocycles. The highest BCUT2D eigenvalue weighted by molar-refractivity contribution is 7.09. The molecule has 3 nitrogen and oxygen atoms in total. The molecular weight excluding hydrogens is 306 g/mol. The van der Waals surface area contributed by atoms with E-state index >= 15 is 0 Å². The molecule has 0 radical (unpaired) electrons. The van der Waals surface area contributed by atoms with Crippen molar-refractivity contribution in [2.75, 3.05) is 13.2 Å². The van der Waals surface area contributed by atoms with Gasteiger partial charge in [0.15, 0.2) is 18.0 Å². The van der Waals surface area contributed by atoms with Gasteiger partial charge in [0.25, 0.3) is 5.01 Å². The molecule has 0 saturated carbocycles. The first-order valence-corrected chi connectivity index (χ1v) is 9.31. The predicted molar refractivity (Wildman–Crippen MR) is 90.7 cm³/mol. The lowest BCUT2D eigenvalue weighted by Crippen LogP contribution is -2.71. The van der Waals surface area contributed by atoms with Crippen LogP contribution in [0.1, 0.15) is 55.8 Å². The van der Waals surface area contributed by atoms with Gasteiger partial charge in [-0.25, -0.2) is 0 Å². The molecule has 3 aliphatic rings. The van der Waals surface area contributed by atoms with E-state index in [4.69, 9.17) is 9.47 Å². The van der Waals surface area contributed by atoms with Gasteiger partial charge < -0.3 is 9.47 Å². The van der Waals surface area contributed by atoms with E-state index in [1.165, 1.54) is 16.1 Å². The normalized spacial score (nSPS) is 25.9. The van der Waals surface area contributed by atoms with Gasteiger partial charge >= 0.3 is 0 Å². The second-order valence-electron chi connectivity index (χ2n) is 6.87. The van der Waals surface area contributed by atoms with Crippen LogP contribution in [0.4, 0.5) is 0 Å². The summed E-state index contributed by atoms with van der Waals surface area (Å²) >= 11 is 1.81. The van der Waals surface area contributed by atoms with Crippen LogP contribution < -0.4 is 4.57 Å². The van der Waals surface area contributed by atoms with E-state index in [-0.39, 0.29) is 17.4 Å². The number of hydrogen-bond acceptors (Lipinski definition) is 3. The number of thiazole rings is 1. The topological polar surface area (TPSA) is 22.3 Å². The fourth-order valence-corrected chi connectivity index (χ4v) is 5.75. The standard InChI is InChI=1S/C19H24NO2S/c1-5-21-19(22-6-2)15-13-9-7-8-10-14(13)16(18(19,3)4)20-11-12-23-17(15)20/h7-12,15-16H,5-6H2,1-4H3/q+1/t15-,16-/m0/s1. The number of rotatable bonds is 4. The monoisotopic (exact) mass is 330 g/mol. The van der Waals surface area contributed by atoms with E-state index < -0.39 is 5.79 Å². The maximum atomic E-state index is 6.41. The minimum atomic E-state index is -0.611. The Morgan fingerprint density at radius 2 is 1.74 bits per heavy atom. The van der Waals surface area contributed by atoms with Crippen molar-refractivity contribution in [1.82, 2.24) is 0 Å². The molecule has 1 aliphatic carbocycles. The number of fused-ring (bicyclic) bond motifs is 1. The van der Waals surface area contributed by atoms with Crippen LogP contribution in [-0.4, -0.2) is 19.0 Å². The Labute approximate surface area is 141 Å². The number of ether oxygens (including phenoxy) is 2. The summed E-state index contributed by atoms with van der Waals surface area (Å²) in [5, 5.41) is 3.53. The maximum Gasteiger partial charge on any atom is 0.250 e. The van der Waals surface area contributed by atoms with E-state index in [0.717, 1.165) is 0 Å². The van der Waals surface area contributed by atoms with E-state index in [2.05, 4.69) is 68.1 Å². The molecule has 2 aliphatic heterocycles. The van der Waals surface area contributed by atoms with Crippen LogP contribution in [0.25, 0.3) is 0 Å². The third-order valence-electron chi connectivity index (χ3n) is 5.47. The Bertz CT molecular complexity index is 730. The summed E-state index contributed by atoms with van der Waals surface area (Å²) in [5.74, 6) is -0.487. The van der Waals surface area contributed by atoms with Gasteiger partial charge in [0.05, 0.1) is 10.8 Å². The summed E-state index contributed by atoms with van der Waals surface area (Å²) in [4.78, 5) is 0. The highest BCUT2D eigenvalue weighted by Crippen LogP contribution is 2.62. The molecule has 0 amide bonds. The first kappa shape index (κ1) is 15.3. The highest BCUT2D eigenvalue weighted by atomic mass is 32.1. The van der Waals surface area contributed by atoms with Crippen LogP contribution in [0.5, 0.6) is 0 Å². The van der Waals surface area contributed by atoms with Crippen LogP contribution >= 0.6 is 11.3 Å². The number of hydrogen-bond donors (Lipinski definition) is 0. The van der Waals surface area contributed by atoms with Crippen molar-refractivity contribution in [2.45, 2.75) is 45.4 Å². The molecule has 1 aromatic carbocycles. The average Bonchev–Trinajstić information content (AvgIpc) is 2.99. The van der Waals surface area contributed by atoms with Crippen molar-refractivity contribution in [3.8, 4) is 0 Å². The summed E-state index contributed by atoms with van der Waals surface area (Å²) in [6, 6.07) is 9.03. The summed E-state index contributed by atoms with van der Waals surface area (Å²) in [6.45, 7) is 10.0. The van der Waals surface area contributed by atoms with Crippen molar-refractivity contribution in [1.29, 1.82) is 0 Å². The third kappa shape index (κ3) is 1.74. The zero-order valence-corrected chi connectivity index (χ0v) is 15.0. The largest absolute Gasteiger partial charge is 0.348 e. The van der Waals surface area contributed by atoms with Crippen molar-refractivity contribution in [2.24, 2.45) is 5.41 Å². The molecule has 0 unspecified atom stereocenters. The zero-order valence-electron chi connectivity index (χ0n) is 14.2. The Morgan fingerprint density at radius 1 is 1.09 bits per heavy atom. The molecular formula is C19H24NO2S+. The predicted octanol–water partition coefficient (Wildman–Crippen LogP) is 3.88. The molecule has 2 atom stereocenters. The fraction of sp³-hybridized carbons (Fsp3) is 0.526. The van der Waals surface area contributed by atoms with Crippen LogP contribution in [0.3, 0.4) is 0 Å². The van der Waals surface area contributed by atoms with Crippen LogP contribution in [0.15, 0.2) is 35.8 Å². The van der Waals surface area contributed by atoms with Crippen LogP contribution in [-0.2, 0) is 9.47 Å². The van der Waals surface area contributed by atoms with Gasteiger partial charge in [0, 0.05) is 18.8 Å². The molecule has 0 N–H and O–H groups in total.